The zero-order chi connectivity index (χ0) is 14.4. The molecule has 8 nitrogen and oxygen atoms in total. The maximum absolute atomic E-state index is 11.5. The Kier molecular flexibility index (Phi) is 2.68. The normalized spacial score (nSPS) is 17.9. The van der Waals surface area contributed by atoms with Crippen molar-refractivity contribution in [2.75, 3.05) is 0 Å². The fraction of sp³-hybridized carbons (Fsp3) is 0.333. The Morgan fingerprint density at radius 1 is 1.25 bits per heavy atom. The SMILES string of the molecule is NC1CCc2c([N+](=O)[O-])cc3[nH]c(=O)c(=O)[nH]c3c2C1. The number of benzene rings is 1. The second kappa shape index (κ2) is 4.27. The number of aromatic amines is 2. The van der Waals surface area contributed by atoms with Crippen LogP contribution >= 0.6 is 0 Å². The van der Waals surface area contributed by atoms with E-state index < -0.39 is 16.0 Å². The lowest BCUT2D eigenvalue weighted by atomic mass is 9.86. The van der Waals surface area contributed by atoms with Crippen LogP contribution in [0.1, 0.15) is 17.5 Å². The molecule has 3 rings (SSSR count). The second-order valence-corrected chi connectivity index (χ2v) is 4.94. The van der Waals surface area contributed by atoms with Crippen LogP contribution in [0.2, 0.25) is 0 Å². The summed E-state index contributed by atoms with van der Waals surface area (Å²) in [6.07, 6.45) is 1.59. The zero-order valence-corrected chi connectivity index (χ0v) is 10.4. The molecule has 0 spiro atoms. The molecule has 1 aliphatic rings. The number of aromatic nitrogens is 2. The number of H-pyrrole nitrogens is 2. The van der Waals surface area contributed by atoms with Crippen molar-refractivity contribution in [1.82, 2.24) is 9.97 Å². The number of nitrogens with two attached hydrogens (primary N) is 1. The first-order chi connectivity index (χ1) is 9.47. The first kappa shape index (κ1) is 12.5. The van der Waals surface area contributed by atoms with Crippen molar-refractivity contribution in [3.63, 3.8) is 0 Å². The first-order valence-corrected chi connectivity index (χ1v) is 6.18. The fourth-order valence-corrected chi connectivity index (χ4v) is 2.72. The highest BCUT2D eigenvalue weighted by Crippen LogP contribution is 2.33. The quantitative estimate of drug-likeness (QED) is 0.381. The Labute approximate surface area is 111 Å². The van der Waals surface area contributed by atoms with E-state index in [9.17, 15) is 19.7 Å². The molecular weight excluding hydrogens is 264 g/mol. The third-order valence-corrected chi connectivity index (χ3v) is 3.65. The van der Waals surface area contributed by atoms with Crippen LogP contribution in [0.15, 0.2) is 15.7 Å². The molecular formula is C12H12N4O4. The molecule has 1 unspecified atom stereocenters. The van der Waals surface area contributed by atoms with Gasteiger partial charge in [-0.25, -0.2) is 0 Å². The van der Waals surface area contributed by atoms with E-state index in [1.807, 2.05) is 0 Å². The highest BCUT2D eigenvalue weighted by Gasteiger charge is 2.27. The summed E-state index contributed by atoms with van der Waals surface area (Å²) in [7, 11) is 0. The highest BCUT2D eigenvalue weighted by molar-refractivity contribution is 5.83. The average Bonchev–Trinajstić information content (AvgIpc) is 2.39. The van der Waals surface area contributed by atoms with Gasteiger partial charge in [0.2, 0.25) is 0 Å². The second-order valence-electron chi connectivity index (χ2n) is 4.94. The van der Waals surface area contributed by atoms with Gasteiger partial charge >= 0.3 is 11.1 Å². The van der Waals surface area contributed by atoms with Crippen molar-refractivity contribution >= 4 is 16.7 Å². The first-order valence-electron chi connectivity index (χ1n) is 6.18. The van der Waals surface area contributed by atoms with Crippen LogP contribution < -0.4 is 16.9 Å². The monoisotopic (exact) mass is 276 g/mol. The number of rotatable bonds is 1. The summed E-state index contributed by atoms with van der Waals surface area (Å²) < 4.78 is 0. The van der Waals surface area contributed by atoms with Gasteiger partial charge in [-0.05, 0) is 24.8 Å². The van der Waals surface area contributed by atoms with Crippen LogP contribution in [0.3, 0.4) is 0 Å². The van der Waals surface area contributed by atoms with Crippen molar-refractivity contribution in [2.45, 2.75) is 25.3 Å². The molecule has 1 aliphatic carbocycles. The molecule has 0 saturated carbocycles. The minimum Gasteiger partial charge on any atom is -0.327 e. The van der Waals surface area contributed by atoms with Gasteiger partial charge in [-0.15, -0.1) is 0 Å². The fourth-order valence-electron chi connectivity index (χ4n) is 2.72. The summed E-state index contributed by atoms with van der Waals surface area (Å²) in [6, 6.07) is 1.19. The van der Waals surface area contributed by atoms with Gasteiger partial charge in [0.1, 0.15) is 0 Å². The smallest absolute Gasteiger partial charge is 0.314 e. The topological polar surface area (TPSA) is 135 Å². The Morgan fingerprint density at radius 3 is 2.65 bits per heavy atom. The summed E-state index contributed by atoms with van der Waals surface area (Å²) in [5.41, 5.74) is 6.20. The van der Waals surface area contributed by atoms with Crippen molar-refractivity contribution in [1.29, 1.82) is 0 Å². The Morgan fingerprint density at radius 2 is 1.95 bits per heavy atom. The molecule has 8 heteroatoms. The lowest BCUT2D eigenvalue weighted by Gasteiger charge is -2.22. The molecule has 0 amide bonds. The van der Waals surface area contributed by atoms with Gasteiger partial charge in [-0.2, -0.15) is 0 Å². The largest absolute Gasteiger partial charge is 0.327 e. The van der Waals surface area contributed by atoms with Crippen molar-refractivity contribution in [3.05, 3.63) is 48.0 Å². The number of hydrogen-bond acceptors (Lipinski definition) is 5. The van der Waals surface area contributed by atoms with Gasteiger partial charge in [0.05, 0.1) is 16.0 Å². The Bertz CT molecular complexity index is 836. The van der Waals surface area contributed by atoms with Gasteiger partial charge in [-0.1, -0.05) is 0 Å². The molecule has 20 heavy (non-hydrogen) atoms. The van der Waals surface area contributed by atoms with Crippen LogP contribution in [0.5, 0.6) is 0 Å². The summed E-state index contributed by atoms with van der Waals surface area (Å²) in [6.45, 7) is 0. The number of nitro groups is 1. The average molecular weight is 276 g/mol. The molecule has 1 aromatic carbocycles. The van der Waals surface area contributed by atoms with Gasteiger partial charge in [0, 0.05) is 17.7 Å². The predicted octanol–water partition coefficient (Wildman–Crippen LogP) is -0.0594. The summed E-state index contributed by atoms with van der Waals surface area (Å²) in [4.78, 5) is 38.4. The number of nitrogens with one attached hydrogen (secondary N) is 2. The van der Waals surface area contributed by atoms with Crippen LogP contribution in [0.25, 0.3) is 11.0 Å². The Balaban J connectivity index is 2.44. The third kappa shape index (κ3) is 1.81. The van der Waals surface area contributed by atoms with Gasteiger partial charge in [-0.3, -0.25) is 19.7 Å². The van der Waals surface area contributed by atoms with E-state index in [-0.39, 0.29) is 17.2 Å². The summed E-state index contributed by atoms with van der Waals surface area (Å²) in [5, 5.41) is 11.2. The predicted molar refractivity (Wildman–Crippen MR) is 71.8 cm³/mol. The van der Waals surface area contributed by atoms with Crippen molar-refractivity contribution in [3.8, 4) is 0 Å². The number of fused-ring (bicyclic) bond motifs is 3. The maximum atomic E-state index is 11.5. The van der Waals surface area contributed by atoms with Crippen LogP contribution in [-0.4, -0.2) is 20.9 Å². The van der Waals surface area contributed by atoms with E-state index in [0.717, 1.165) is 0 Å². The third-order valence-electron chi connectivity index (χ3n) is 3.65. The molecule has 4 N–H and O–H groups in total. The highest BCUT2D eigenvalue weighted by atomic mass is 16.6. The Hall–Kier alpha value is -2.48. The van der Waals surface area contributed by atoms with Crippen LogP contribution in [0.4, 0.5) is 5.69 Å². The van der Waals surface area contributed by atoms with E-state index >= 15 is 0 Å². The minimum atomic E-state index is -0.827. The molecule has 2 aromatic rings. The van der Waals surface area contributed by atoms with Crippen molar-refractivity contribution < 1.29 is 4.92 Å². The maximum Gasteiger partial charge on any atom is 0.314 e. The van der Waals surface area contributed by atoms with Gasteiger partial charge < -0.3 is 15.7 Å². The van der Waals surface area contributed by atoms with Gasteiger partial charge in [0.15, 0.2) is 0 Å². The van der Waals surface area contributed by atoms with E-state index in [1.165, 1.54) is 6.07 Å². The number of nitro benzene ring substituents is 1. The van der Waals surface area contributed by atoms with Crippen molar-refractivity contribution in [2.24, 2.45) is 5.73 Å². The molecule has 1 atom stereocenters. The summed E-state index contributed by atoms with van der Waals surface area (Å²) >= 11 is 0. The van der Waals surface area contributed by atoms with Crippen LogP contribution in [-0.2, 0) is 12.8 Å². The number of hydrogen-bond donors (Lipinski definition) is 3. The van der Waals surface area contributed by atoms with Gasteiger partial charge in [0.25, 0.3) is 5.69 Å². The molecule has 1 aromatic heterocycles. The van der Waals surface area contributed by atoms with E-state index in [0.29, 0.717) is 35.9 Å². The molecule has 0 bridgehead atoms. The lowest BCUT2D eigenvalue weighted by molar-refractivity contribution is -0.385. The van der Waals surface area contributed by atoms with Crippen LogP contribution in [0, 0.1) is 10.1 Å². The van der Waals surface area contributed by atoms with E-state index in [1.54, 1.807) is 0 Å². The molecule has 0 fully saturated rings. The lowest BCUT2D eigenvalue weighted by Crippen LogP contribution is -2.32. The molecule has 0 aliphatic heterocycles. The van der Waals surface area contributed by atoms with E-state index in [2.05, 4.69) is 9.97 Å². The molecule has 104 valence electrons. The standard InChI is InChI=1S/C12H12N4O4/c13-5-1-2-6-7(3-5)10-8(4-9(6)16(19)20)14-11(17)12(18)15-10/h4-5H,1-3,13H2,(H,14,17)(H,15,18). The number of nitrogens with zero attached hydrogens (tertiary/aromatic N) is 1. The summed E-state index contributed by atoms with van der Waals surface area (Å²) in [5.74, 6) is 0. The molecule has 1 heterocycles. The zero-order valence-electron chi connectivity index (χ0n) is 10.4. The van der Waals surface area contributed by atoms with E-state index in [4.69, 9.17) is 5.73 Å². The minimum absolute atomic E-state index is 0.0397. The molecule has 0 radical (unpaired) electrons. The molecule has 0 saturated heterocycles.